The number of carbonyl (C=O) groups excluding carboxylic acids is 1. The van der Waals surface area contributed by atoms with Gasteiger partial charge < -0.3 is 14.6 Å². The van der Waals surface area contributed by atoms with Gasteiger partial charge in [-0.1, -0.05) is 19.1 Å². The minimum Gasteiger partial charge on any atom is -0.494 e. The molecule has 0 atom stereocenters. The number of nitrogens with zero attached hydrogens (tertiary/aromatic N) is 3. The number of imidazole rings is 1. The second-order valence-electron chi connectivity index (χ2n) is 10.4. The van der Waals surface area contributed by atoms with Gasteiger partial charge in [0.1, 0.15) is 11.6 Å². The van der Waals surface area contributed by atoms with Crippen LogP contribution in [0.15, 0.2) is 36.4 Å². The van der Waals surface area contributed by atoms with Crippen molar-refractivity contribution in [3.05, 3.63) is 58.9 Å². The molecule has 2 aliphatic heterocycles. The van der Waals surface area contributed by atoms with Crippen LogP contribution in [0.2, 0.25) is 0 Å². The van der Waals surface area contributed by atoms with Gasteiger partial charge in [0.25, 0.3) is 5.91 Å². The molecule has 5 rings (SSSR count). The summed E-state index contributed by atoms with van der Waals surface area (Å²) in [6.45, 7) is 10.1. The van der Waals surface area contributed by atoms with Crippen molar-refractivity contribution in [3.8, 4) is 5.75 Å². The fraction of sp³-hybridized carbons (Fsp3) is 0.517. The monoisotopic (exact) mass is 474 g/mol. The SMILES string of the molecule is Cc1c(C(=O)N2CCCC2)ccc2[nH]c(CCCOc3cccc(CN4CCC(C)CC4)c3)nc12. The Labute approximate surface area is 208 Å². The molecule has 0 aliphatic carbocycles. The van der Waals surface area contributed by atoms with E-state index >= 15 is 0 Å². The van der Waals surface area contributed by atoms with Crippen LogP contribution in [0, 0.1) is 12.8 Å². The van der Waals surface area contributed by atoms with Crippen molar-refractivity contribution in [2.24, 2.45) is 5.92 Å². The molecule has 2 fully saturated rings. The molecule has 0 bridgehead atoms. The Morgan fingerprint density at radius 2 is 1.91 bits per heavy atom. The molecule has 35 heavy (non-hydrogen) atoms. The molecule has 1 amide bonds. The average Bonchev–Trinajstić information content (AvgIpc) is 3.54. The van der Waals surface area contributed by atoms with Gasteiger partial charge in [0.05, 0.1) is 17.6 Å². The zero-order valence-corrected chi connectivity index (χ0v) is 21.2. The first-order valence-corrected chi connectivity index (χ1v) is 13.3. The summed E-state index contributed by atoms with van der Waals surface area (Å²) in [4.78, 5) is 25.6. The summed E-state index contributed by atoms with van der Waals surface area (Å²) in [5, 5.41) is 0. The smallest absolute Gasteiger partial charge is 0.254 e. The summed E-state index contributed by atoms with van der Waals surface area (Å²) >= 11 is 0. The Balaban J connectivity index is 1.14. The third kappa shape index (κ3) is 5.69. The van der Waals surface area contributed by atoms with Gasteiger partial charge in [0.2, 0.25) is 0 Å². The van der Waals surface area contributed by atoms with Crippen LogP contribution in [0.3, 0.4) is 0 Å². The summed E-state index contributed by atoms with van der Waals surface area (Å²) in [7, 11) is 0. The van der Waals surface area contributed by atoms with Crippen molar-refractivity contribution >= 4 is 16.9 Å². The Hall–Kier alpha value is -2.86. The van der Waals surface area contributed by atoms with Crippen molar-refractivity contribution in [2.45, 2.75) is 58.9 Å². The van der Waals surface area contributed by atoms with E-state index in [9.17, 15) is 4.79 Å². The van der Waals surface area contributed by atoms with Crippen LogP contribution in [0.25, 0.3) is 11.0 Å². The number of benzene rings is 2. The number of nitrogens with one attached hydrogen (secondary N) is 1. The van der Waals surface area contributed by atoms with E-state index in [2.05, 4.69) is 35.0 Å². The van der Waals surface area contributed by atoms with Crippen LogP contribution in [0.1, 0.15) is 66.3 Å². The van der Waals surface area contributed by atoms with E-state index in [0.29, 0.717) is 6.61 Å². The first kappa shape index (κ1) is 23.9. The number of ether oxygens (including phenoxy) is 1. The predicted molar refractivity (Wildman–Crippen MR) is 140 cm³/mol. The number of rotatable bonds is 8. The molecular formula is C29H38N4O2. The van der Waals surface area contributed by atoms with Crippen molar-refractivity contribution in [3.63, 3.8) is 0 Å². The van der Waals surface area contributed by atoms with Gasteiger partial charge >= 0.3 is 0 Å². The highest BCUT2D eigenvalue weighted by atomic mass is 16.5. The highest BCUT2D eigenvalue weighted by molar-refractivity contribution is 6.00. The molecule has 0 saturated carbocycles. The van der Waals surface area contributed by atoms with E-state index in [1.807, 2.05) is 30.0 Å². The van der Waals surface area contributed by atoms with E-state index in [-0.39, 0.29) is 5.91 Å². The lowest BCUT2D eigenvalue weighted by Gasteiger charge is -2.30. The van der Waals surface area contributed by atoms with Crippen LogP contribution >= 0.6 is 0 Å². The number of fused-ring (bicyclic) bond motifs is 1. The second kappa shape index (κ2) is 10.8. The topological polar surface area (TPSA) is 61.5 Å². The predicted octanol–water partition coefficient (Wildman–Crippen LogP) is 5.35. The molecule has 0 spiro atoms. The van der Waals surface area contributed by atoms with Crippen molar-refractivity contribution in [1.29, 1.82) is 0 Å². The van der Waals surface area contributed by atoms with E-state index < -0.39 is 0 Å². The first-order chi connectivity index (χ1) is 17.1. The normalized spacial score (nSPS) is 17.4. The third-order valence-corrected chi connectivity index (χ3v) is 7.59. The highest BCUT2D eigenvalue weighted by Gasteiger charge is 2.22. The van der Waals surface area contributed by atoms with Crippen LogP contribution in [-0.4, -0.2) is 58.5 Å². The highest BCUT2D eigenvalue weighted by Crippen LogP contribution is 2.24. The van der Waals surface area contributed by atoms with Gasteiger partial charge in [-0.25, -0.2) is 4.98 Å². The number of hydrogen-bond acceptors (Lipinski definition) is 4. The van der Waals surface area contributed by atoms with E-state index in [0.717, 1.165) is 85.0 Å². The summed E-state index contributed by atoms with van der Waals surface area (Å²) in [5.41, 5.74) is 4.98. The van der Waals surface area contributed by atoms with Crippen molar-refractivity contribution < 1.29 is 9.53 Å². The fourth-order valence-electron chi connectivity index (χ4n) is 5.35. The average molecular weight is 475 g/mol. The molecular weight excluding hydrogens is 436 g/mol. The fourth-order valence-corrected chi connectivity index (χ4v) is 5.35. The standard InChI is InChI=1S/C29H38N4O2/c1-21-12-16-32(17-13-21)20-23-7-5-8-24(19-23)35-18-6-9-27-30-26-11-10-25(22(2)28(26)31-27)29(34)33-14-3-4-15-33/h5,7-8,10-11,19,21H,3-4,6,9,12-18,20H2,1-2H3,(H,30,31). The van der Waals surface area contributed by atoms with Gasteiger partial charge in [-0.05, 0) is 93.4 Å². The molecule has 0 unspecified atom stereocenters. The van der Waals surface area contributed by atoms with Gasteiger partial charge in [0, 0.05) is 31.6 Å². The number of aromatic nitrogens is 2. The molecule has 3 aromatic rings. The molecule has 3 heterocycles. The van der Waals surface area contributed by atoms with Crippen LogP contribution in [0.5, 0.6) is 5.75 Å². The minimum atomic E-state index is 0.136. The first-order valence-electron chi connectivity index (χ1n) is 13.3. The van der Waals surface area contributed by atoms with Crippen molar-refractivity contribution in [2.75, 3.05) is 32.8 Å². The zero-order chi connectivity index (χ0) is 24.2. The quantitative estimate of drug-likeness (QED) is 0.447. The molecule has 2 saturated heterocycles. The zero-order valence-electron chi connectivity index (χ0n) is 21.2. The largest absolute Gasteiger partial charge is 0.494 e. The lowest BCUT2D eigenvalue weighted by atomic mass is 9.99. The van der Waals surface area contributed by atoms with Gasteiger partial charge in [-0.3, -0.25) is 9.69 Å². The maximum atomic E-state index is 12.9. The lowest BCUT2D eigenvalue weighted by molar-refractivity contribution is 0.0792. The summed E-state index contributed by atoms with van der Waals surface area (Å²) in [6, 6.07) is 12.5. The maximum absolute atomic E-state index is 12.9. The minimum absolute atomic E-state index is 0.136. The van der Waals surface area contributed by atoms with E-state index in [1.54, 1.807) is 0 Å². The molecule has 186 valence electrons. The van der Waals surface area contributed by atoms with Gasteiger partial charge in [-0.2, -0.15) is 0 Å². The second-order valence-corrected chi connectivity index (χ2v) is 10.4. The molecule has 6 heteroatoms. The number of H-pyrrole nitrogens is 1. The lowest BCUT2D eigenvalue weighted by Crippen LogP contribution is -2.32. The Morgan fingerprint density at radius 1 is 1.11 bits per heavy atom. The van der Waals surface area contributed by atoms with Crippen LogP contribution < -0.4 is 4.74 Å². The Morgan fingerprint density at radius 3 is 2.71 bits per heavy atom. The molecule has 1 N–H and O–H groups in total. The molecule has 1 aromatic heterocycles. The number of amides is 1. The summed E-state index contributed by atoms with van der Waals surface area (Å²) in [6.07, 6.45) is 6.50. The summed E-state index contributed by atoms with van der Waals surface area (Å²) < 4.78 is 6.07. The third-order valence-electron chi connectivity index (χ3n) is 7.59. The number of piperidine rings is 1. The Bertz CT molecular complexity index is 1160. The number of aromatic amines is 1. The number of hydrogen-bond donors (Lipinski definition) is 1. The molecule has 0 radical (unpaired) electrons. The van der Waals surface area contributed by atoms with Gasteiger partial charge in [-0.15, -0.1) is 0 Å². The molecule has 2 aliphatic rings. The number of carbonyl (C=O) groups is 1. The number of aryl methyl sites for hydroxylation is 2. The van der Waals surface area contributed by atoms with Crippen LogP contribution in [-0.2, 0) is 13.0 Å². The Kier molecular flexibility index (Phi) is 7.37. The van der Waals surface area contributed by atoms with E-state index in [4.69, 9.17) is 9.72 Å². The van der Waals surface area contributed by atoms with Crippen LogP contribution in [0.4, 0.5) is 0 Å². The van der Waals surface area contributed by atoms with Crippen molar-refractivity contribution in [1.82, 2.24) is 19.8 Å². The molecule has 6 nitrogen and oxygen atoms in total. The molecule has 2 aromatic carbocycles. The number of likely N-dealkylation sites (tertiary alicyclic amines) is 2. The maximum Gasteiger partial charge on any atom is 0.254 e. The van der Waals surface area contributed by atoms with E-state index in [1.165, 1.54) is 31.5 Å². The summed E-state index contributed by atoms with van der Waals surface area (Å²) in [5.74, 6) is 2.89. The van der Waals surface area contributed by atoms with Gasteiger partial charge in [0.15, 0.2) is 0 Å².